The van der Waals surface area contributed by atoms with Crippen LogP contribution in [0, 0.1) is 0 Å². The molecule has 2 amide bonds. The molecule has 0 saturated carbocycles. The average Bonchev–Trinajstić information content (AvgIpc) is 2.47. The molecule has 4 nitrogen and oxygen atoms in total. The van der Waals surface area contributed by atoms with Crippen molar-refractivity contribution in [2.45, 2.75) is 46.0 Å². The van der Waals surface area contributed by atoms with Gasteiger partial charge in [-0.15, -0.1) is 0 Å². The lowest BCUT2D eigenvalue weighted by Gasteiger charge is -2.07. The van der Waals surface area contributed by atoms with Crippen LogP contribution in [0.25, 0.3) is 0 Å². The Morgan fingerprint density at radius 2 is 1.65 bits per heavy atom. The van der Waals surface area contributed by atoms with Gasteiger partial charge in [0.15, 0.2) is 0 Å². The zero-order valence-corrected chi connectivity index (χ0v) is 12.4. The number of hydrogen-bond donors (Lipinski definition) is 2. The Labute approximate surface area is 121 Å². The van der Waals surface area contributed by atoms with Crippen LogP contribution < -0.4 is 10.6 Å². The molecule has 0 aliphatic carbocycles. The van der Waals surface area contributed by atoms with Crippen LogP contribution in [0.5, 0.6) is 0 Å². The molecular weight excluding hydrogens is 252 g/mol. The fourth-order valence-corrected chi connectivity index (χ4v) is 1.85. The molecule has 1 aromatic rings. The second-order valence-electron chi connectivity index (χ2n) is 4.82. The summed E-state index contributed by atoms with van der Waals surface area (Å²) in [6.07, 6.45) is 5.26. The predicted octanol–water partition coefficient (Wildman–Crippen LogP) is 2.88. The first-order valence-electron chi connectivity index (χ1n) is 7.35. The van der Waals surface area contributed by atoms with E-state index in [9.17, 15) is 9.59 Å². The maximum Gasteiger partial charge on any atom is 0.313 e. The minimum Gasteiger partial charge on any atom is -0.348 e. The van der Waals surface area contributed by atoms with Crippen molar-refractivity contribution in [2.75, 3.05) is 11.9 Å². The third-order valence-electron chi connectivity index (χ3n) is 3.14. The predicted molar refractivity (Wildman–Crippen MR) is 81.6 cm³/mol. The van der Waals surface area contributed by atoms with Gasteiger partial charge in [0.1, 0.15) is 0 Å². The van der Waals surface area contributed by atoms with E-state index in [-0.39, 0.29) is 0 Å². The highest BCUT2D eigenvalue weighted by atomic mass is 16.2. The molecule has 0 bridgehead atoms. The van der Waals surface area contributed by atoms with Gasteiger partial charge in [-0.25, -0.2) is 0 Å². The van der Waals surface area contributed by atoms with Crippen LogP contribution in [0.15, 0.2) is 24.3 Å². The lowest BCUT2D eigenvalue weighted by Crippen LogP contribution is -2.35. The average molecular weight is 276 g/mol. The van der Waals surface area contributed by atoms with Gasteiger partial charge in [-0.2, -0.15) is 0 Å². The molecule has 0 aliphatic heterocycles. The summed E-state index contributed by atoms with van der Waals surface area (Å²) in [6.45, 7) is 4.76. The number of nitrogens with one attached hydrogen (secondary N) is 2. The number of anilines is 1. The van der Waals surface area contributed by atoms with Crippen molar-refractivity contribution in [2.24, 2.45) is 0 Å². The molecule has 2 N–H and O–H groups in total. The fraction of sp³-hybridized carbons (Fsp3) is 0.500. The zero-order valence-electron chi connectivity index (χ0n) is 12.4. The first kappa shape index (κ1) is 16.2. The number of hydrogen-bond acceptors (Lipinski definition) is 2. The molecule has 20 heavy (non-hydrogen) atoms. The van der Waals surface area contributed by atoms with Crippen molar-refractivity contribution in [3.05, 3.63) is 29.8 Å². The zero-order chi connectivity index (χ0) is 14.8. The topological polar surface area (TPSA) is 58.2 Å². The molecule has 1 aromatic carbocycles. The van der Waals surface area contributed by atoms with E-state index >= 15 is 0 Å². The number of unbranched alkanes of at least 4 members (excludes halogenated alkanes) is 3. The first-order chi connectivity index (χ1) is 9.67. The summed E-state index contributed by atoms with van der Waals surface area (Å²) in [7, 11) is 0. The van der Waals surface area contributed by atoms with Crippen molar-refractivity contribution < 1.29 is 9.59 Å². The van der Waals surface area contributed by atoms with Gasteiger partial charge in [0.2, 0.25) is 0 Å². The van der Waals surface area contributed by atoms with Crippen LogP contribution in [-0.4, -0.2) is 18.4 Å². The van der Waals surface area contributed by atoms with E-state index < -0.39 is 11.8 Å². The van der Waals surface area contributed by atoms with E-state index in [1.54, 1.807) is 0 Å². The molecule has 0 fully saturated rings. The molecule has 0 radical (unpaired) electrons. The highest BCUT2D eigenvalue weighted by Gasteiger charge is 2.12. The largest absolute Gasteiger partial charge is 0.348 e. The van der Waals surface area contributed by atoms with Gasteiger partial charge in [0.25, 0.3) is 0 Å². The SMILES string of the molecule is CCCCCCNC(=O)C(=O)Nc1ccc(CC)cc1. The summed E-state index contributed by atoms with van der Waals surface area (Å²) in [4.78, 5) is 23.2. The van der Waals surface area contributed by atoms with E-state index in [1.807, 2.05) is 24.3 Å². The van der Waals surface area contributed by atoms with Crippen LogP contribution in [0.1, 0.15) is 45.1 Å². The van der Waals surface area contributed by atoms with E-state index in [2.05, 4.69) is 24.5 Å². The van der Waals surface area contributed by atoms with E-state index in [0.717, 1.165) is 32.1 Å². The monoisotopic (exact) mass is 276 g/mol. The summed E-state index contributed by atoms with van der Waals surface area (Å²) in [6, 6.07) is 7.51. The molecule has 0 unspecified atom stereocenters. The molecule has 0 aliphatic rings. The van der Waals surface area contributed by atoms with Gasteiger partial charge in [-0.3, -0.25) is 9.59 Å². The summed E-state index contributed by atoms with van der Waals surface area (Å²) in [5.74, 6) is -1.18. The number of carbonyl (C=O) groups is 2. The summed E-state index contributed by atoms with van der Waals surface area (Å²) in [5, 5.41) is 5.23. The molecule has 0 heterocycles. The molecular formula is C16H24N2O2. The second kappa shape index (κ2) is 9.13. The number of benzene rings is 1. The number of amides is 2. The molecule has 4 heteroatoms. The van der Waals surface area contributed by atoms with Crippen molar-refractivity contribution in [1.82, 2.24) is 5.32 Å². The molecule has 0 saturated heterocycles. The summed E-state index contributed by atoms with van der Waals surface area (Å²) in [5.41, 5.74) is 1.84. The molecule has 1 rings (SSSR count). The lowest BCUT2D eigenvalue weighted by atomic mass is 10.1. The van der Waals surface area contributed by atoms with Gasteiger partial charge in [0, 0.05) is 12.2 Å². The van der Waals surface area contributed by atoms with Gasteiger partial charge in [-0.05, 0) is 30.5 Å². The Kier molecular flexibility index (Phi) is 7.40. The highest BCUT2D eigenvalue weighted by Crippen LogP contribution is 2.09. The van der Waals surface area contributed by atoms with Crippen molar-refractivity contribution >= 4 is 17.5 Å². The van der Waals surface area contributed by atoms with Crippen molar-refractivity contribution in [3.63, 3.8) is 0 Å². The van der Waals surface area contributed by atoms with Crippen LogP contribution >= 0.6 is 0 Å². The van der Waals surface area contributed by atoms with Crippen LogP contribution in [0.3, 0.4) is 0 Å². The van der Waals surface area contributed by atoms with E-state index in [4.69, 9.17) is 0 Å². The molecule has 0 spiro atoms. The van der Waals surface area contributed by atoms with Crippen LogP contribution in [-0.2, 0) is 16.0 Å². The Morgan fingerprint density at radius 3 is 2.25 bits per heavy atom. The lowest BCUT2D eigenvalue weighted by molar-refractivity contribution is -0.136. The second-order valence-corrected chi connectivity index (χ2v) is 4.82. The Morgan fingerprint density at radius 1 is 0.950 bits per heavy atom. The molecule has 110 valence electrons. The third-order valence-corrected chi connectivity index (χ3v) is 3.14. The number of aryl methyl sites for hydroxylation is 1. The maximum atomic E-state index is 11.7. The minimum absolute atomic E-state index is 0.557. The smallest absolute Gasteiger partial charge is 0.313 e. The Balaban J connectivity index is 2.31. The molecule has 0 atom stereocenters. The van der Waals surface area contributed by atoms with Crippen molar-refractivity contribution in [1.29, 1.82) is 0 Å². The Hall–Kier alpha value is -1.84. The third kappa shape index (κ3) is 5.87. The first-order valence-corrected chi connectivity index (χ1v) is 7.35. The highest BCUT2D eigenvalue weighted by molar-refractivity contribution is 6.39. The van der Waals surface area contributed by atoms with Crippen LogP contribution in [0.2, 0.25) is 0 Å². The number of carbonyl (C=O) groups excluding carboxylic acids is 2. The number of rotatable bonds is 7. The van der Waals surface area contributed by atoms with Gasteiger partial charge in [-0.1, -0.05) is 45.2 Å². The standard InChI is InChI=1S/C16H24N2O2/c1-3-5-6-7-12-17-15(19)16(20)18-14-10-8-13(4-2)9-11-14/h8-11H,3-7,12H2,1-2H3,(H,17,19)(H,18,20). The van der Waals surface area contributed by atoms with E-state index in [1.165, 1.54) is 5.56 Å². The fourth-order valence-electron chi connectivity index (χ4n) is 1.85. The Bertz CT molecular complexity index is 427. The maximum absolute atomic E-state index is 11.7. The summed E-state index contributed by atoms with van der Waals surface area (Å²) >= 11 is 0. The summed E-state index contributed by atoms with van der Waals surface area (Å²) < 4.78 is 0. The van der Waals surface area contributed by atoms with Gasteiger partial charge < -0.3 is 10.6 Å². The minimum atomic E-state index is -0.607. The van der Waals surface area contributed by atoms with E-state index in [0.29, 0.717) is 12.2 Å². The van der Waals surface area contributed by atoms with Crippen molar-refractivity contribution in [3.8, 4) is 0 Å². The van der Waals surface area contributed by atoms with Gasteiger partial charge in [0.05, 0.1) is 0 Å². The quantitative estimate of drug-likeness (QED) is 0.594. The van der Waals surface area contributed by atoms with Crippen LogP contribution in [0.4, 0.5) is 5.69 Å². The normalized spacial score (nSPS) is 10.1. The molecule has 0 aromatic heterocycles. The van der Waals surface area contributed by atoms with Gasteiger partial charge >= 0.3 is 11.8 Å².